The minimum Gasteiger partial charge on any atom is -0.336 e. The predicted molar refractivity (Wildman–Crippen MR) is 41.8 cm³/mol. The normalized spacial score (nSPS) is 11.8. The second-order valence-electron chi connectivity index (χ2n) is 2.17. The standard InChI is InChI=1S/C5H9N3O3S/c9-12(10,11)7-2-4-8-3-1-6-5-8/h1,3,5,7H,2,4H2,(H,9,10,11). The van der Waals surface area contributed by atoms with E-state index in [9.17, 15) is 8.42 Å². The van der Waals surface area contributed by atoms with Crippen LogP contribution in [-0.4, -0.2) is 29.1 Å². The third kappa shape index (κ3) is 3.46. The van der Waals surface area contributed by atoms with Gasteiger partial charge in [-0.2, -0.15) is 13.1 Å². The summed E-state index contributed by atoms with van der Waals surface area (Å²) in [6.45, 7) is 0.592. The van der Waals surface area contributed by atoms with Crippen molar-refractivity contribution in [1.82, 2.24) is 14.3 Å². The molecule has 0 saturated heterocycles. The van der Waals surface area contributed by atoms with Crippen LogP contribution in [0, 0.1) is 0 Å². The lowest BCUT2D eigenvalue weighted by molar-refractivity contribution is 0.464. The van der Waals surface area contributed by atoms with Gasteiger partial charge in [0.2, 0.25) is 0 Å². The maximum Gasteiger partial charge on any atom is 0.333 e. The molecule has 68 valence electrons. The van der Waals surface area contributed by atoms with Crippen molar-refractivity contribution >= 4 is 10.3 Å². The van der Waals surface area contributed by atoms with Crippen LogP contribution in [0.5, 0.6) is 0 Å². The molecule has 0 atom stereocenters. The molecule has 6 nitrogen and oxygen atoms in total. The Morgan fingerprint density at radius 2 is 2.33 bits per heavy atom. The van der Waals surface area contributed by atoms with Crippen LogP contribution in [0.1, 0.15) is 0 Å². The van der Waals surface area contributed by atoms with E-state index >= 15 is 0 Å². The molecule has 1 aromatic rings. The summed E-state index contributed by atoms with van der Waals surface area (Å²) in [5.41, 5.74) is 0. The number of nitrogens with zero attached hydrogens (tertiary/aromatic N) is 2. The molecular formula is C5H9N3O3S. The van der Waals surface area contributed by atoms with E-state index in [4.69, 9.17) is 4.55 Å². The van der Waals surface area contributed by atoms with E-state index in [-0.39, 0.29) is 6.54 Å². The number of nitrogens with one attached hydrogen (secondary N) is 1. The number of hydrogen-bond acceptors (Lipinski definition) is 3. The molecule has 0 fully saturated rings. The lowest BCUT2D eigenvalue weighted by Gasteiger charge is -2.00. The summed E-state index contributed by atoms with van der Waals surface area (Å²) >= 11 is 0. The first kappa shape index (κ1) is 9.17. The lowest BCUT2D eigenvalue weighted by atomic mass is 10.6. The summed E-state index contributed by atoms with van der Waals surface area (Å²) < 4.78 is 32.3. The molecule has 12 heavy (non-hydrogen) atoms. The molecule has 0 amide bonds. The van der Waals surface area contributed by atoms with Crippen molar-refractivity contribution in [1.29, 1.82) is 0 Å². The maximum absolute atomic E-state index is 10.2. The Balaban J connectivity index is 2.29. The van der Waals surface area contributed by atoms with Crippen LogP contribution in [0.4, 0.5) is 0 Å². The maximum atomic E-state index is 10.2. The molecule has 0 bridgehead atoms. The fraction of sp³-hybridized carbons (Fsp3) is 0.400. The number of hydrogen-bond donors (Lipinski definition) is 2. The first-order valence-corrected chi connectivity index (χ1v) is 4.70. The average molecular weight is 191 g/mol. The Morgan fingerprint density at radius 3 is 2.83 bits per heavy atom. The van der Waals surface area contributed by atoms with E-state index in [0.29, 0.717) is 6.54 Å². The van der Waals surface area contributed by atoms with Gasteiger partial charge >= 0.3 is 10.3 Å². The Bertz CT molecular complexity index is 318. The molecule has 0 unspecified atom stereocenters. The van der Waals surface area contributed by atoms with Crippen molar-refractivity contribution in [2.45, 2.75) is 6.54 Å². The number of imidazole rings is 1. The van der Waals surface area contributed by atoms with Gasteiger partial charge in [-0.1, -0.05) is 0 Å². The highest BCUT2D eigenvalue weighted by Gasteiger charge is 2.00. The van der Waals surface area contributed by atoms with Crippen LogP contribution >= 0.6 is 0 Å². The highest BCUT2D eigenvalue weighted by atomic mass is 32.2. The summed E-state index contributed by atoms with van der Waals surface area (Å²) in [7, 11) is -4.06. The molecule has 0 spiro atoms. The predicted octanol–water partition coefficient (Wildman–Crippen LogP) is -0.724. The van der Waals surface area contributed by atoms with Gasteiger partial charge < -0.3 is 4.57 Å². The Hall–Kier alpha value is -0.920. The number of rotatable bonds is 4. The molecule has 1 aromatic heterocycles. The van der Waals surface area contributed by atoms with Crippen molar-refractivity contribution in [2.75, 3.05) is 6.54 Å². The third-order valence-corrected chi connectivity index (χ3v) is 1.78. The van der Waals surface area contributed by atoms with Crippen LogP contribution in [0.2, 0.25) is 0 Å². The molecule has 0 aliphatic carbocycles. The molecule has 1 heterocycles. The molecule has 0 aliphatic rings. The SMILES string of the molecule is O=S(=O)(O)NCCn1ccnc1. The highest BCUT2D eigenvalue weighted by Crippen LogP contribution is 1.84. The average Bonchev–Trinajstić information content (AvgIpc) is 2.36. The second kappa shape index (κ2) is 3.65. The molecule has 0 aliphatic heterocycles. The van der Waals surface area contributed by atoms with E-state index in [1.54, 1.807) is 23.3 Å². The van der Waals surface area contributed by atoms with E-state index in [1.165, 1.54) is 0 Å². The van der Waals surface area contributed by atoms with E-state index in [2.05, 4.69) is 4.98 Å². The molecule has 2 N–H and O–H groups in total. The largest absolute Gasteiger partial charge is 0.336 e. The molecule has 0 saturated carbocycles. The monoisotopic (exact) mass is 191 g/mol. The van der Waals surface area contributed by atoms with Crippen LogP contribution < -0.4 is 4.72 Å². The van der Waals surface area contributed by atoms with Crippen molar-refractivity contribution in [2.24, 2.45) is 0 Å². The van der Waals surface area contributed by atoms with Gasteiger partial charge in [0.15, 0.2) is 0 Å². The Morgan fingerprint density at radius 1 is 1.58 bits per heavy atom. The topological polar surface area (TPSA) is 84.2 Å². The smallest absolute Gasteiger partial charge is 0.333 e. The van der Waals surface area contributed by atoms with Gasteiger partial charge in [0.1, 0.15) is 0 Å². The summed E-state index contributed by atoms with van der Waals surface area (Å²) in [6.07, 6.45) is 4.85. The minimum atomic E-state index is -4.06. The third-order valence-electron chi connectivity index (χ3n) is 1.21. The summed E-state index contributed by atoms with van der Waals surface area (Å²) in [4.78, 5) is 3.76. The zero-order chi connectivity index (χ0) is 9.03. The van der Waals surface area contributed by atoms with E-state index < -0.39 is 10.3 Å². The van der Waals surface area contributed by atoms with Crippen molar-refractivity contribution in [3.05, 3.63) is 18.7 Å². The quantitative estimate of drug-likeness (QED) is 0.615. The summed E-state index contributed by atoms with van der Waals surface area (Å²) in [6, 6.07) is 0. The molecular weight excluding hydrogens is 182 g/mol. The molecule has 1 rings (SSSR count). The van der Waals surface area contributed by atoms with Crippen molar-refractivity contribution < 1.29 is 13.0 Å². The first-order valence-electron chi connectivity index (χ1n) is 3.26. The van der Waals surface area contributed by atoms with Gasteiger partial charge in [0, 0.05) is 25.5 Å². The van der Waals surface area contributed by atoms with E-state index in [1.807, 2.05) is 4.72 Å². The van der Waals surface area contributed by atoms with Gasteiger partial charge in [-0.25, -0.2) is 4.98 Å². The van der Waals surface area contributed by atoms with Crippen LogP contribution in [0.25, 0.3) is 0 Å². The first-order chi connectivity index (χ1) is 5.58. The van der Waals surface area contributed by atoms with Crippen molar-refractivity contribution in [3.63, 3.8) is 0 Å². The Kier molecular flexibility index (Phi) is 2.79. The van der Waals surface area contributed by atoms with Crippen LogP contribution in [-0.2, 0) is 16.8 Å². The minimum absolute atomic E-state index is 0.148. The van der Waals surface area contributed by atoms with Gasteiger partial charge in [-0.3, -0.25) is 4.55 Å². The van der Waals surface area contributed by atoms with Crippen LogP contribution in [0.15, 0.2) is 18.7 Å². The fourth-order valence-corrected chi connectivity index (χ4v) is 1.07. The van der Waals surface area contributed by atoms with Gasteiger partial charge in [-0.15, -0.1) is 0 Å². The van der Waals surface area contributed by atoms with Gasteiger partial charge in [-0.05, 0) is 0 Å². The van der Waals surface area contributed by atoms with E-state index in [0.717, 1.165) is 0 Å². The fourth-order valence-electron chi connectivity index (χ4n) is 0.723. The summed E-state index contributed by atoms with van der Waals surface area (Å²) in [5, 5.41) is 0. The van der Waals surface area contributed by atoms with Gasteiger partial charge in [0.25, 0.3) is 0 Å². The zero-order valence-corrected chi connectivity index (χ0v) is 7.03. The molecule has 0 aromatic carbocycles. The zero-order valence-electron chi connectivity index (χ0n) is 6.21. The van der Waals surface area contributed by atoms with Crippen molar-refractivity contribution in [3.8, 4) is 0 Å². The second-order valence-corrected chi connectivity index (χ2v) is 3.41. The molecule has 0 radical (unpaired) electrons. The Labute approximate surface area is 70.1 Å². The lowest BCUT2D eigenvalue weighted by Crippen LogP contribution is -2.26. The van der Waals surface area contributed by atoms with Gasteiger partial charge in [0.05, 0.1) is 6.33 Å². The molecule has 7 heteroatoms. The van der Waals surface area contributed by atoms with Crippen LogP contribution in [0.3, 0.4) is 0 Å². The highest BCUT2D eigenvalue weighted by molar-refractivity contribution is 7.83. The summed E-state index contributed by atoms with van der Waals surface area (Å²) in [5.74, 6) is 0. The number of aromatic nitrogens is 2.